The van der Waals surface area contributed by atoms with Gasteiger partial charge in [0.15, 0.2) is 5.78 Å². The van der Waals surface area contributed by atoms with Crippen LogP contribution in [-0.2, 0) is 4.79 Å². The van der Waals surface area contributed by atoms with Crippen molar-refractivity contribution >= 4 is 17.9 Å². The minimum atomic E-state index is -0.177. The van der Waals surface area contributed by atoms with Crippen LogP contribution in [0.25, 0.3) is 12.2 Å². The predicted octanol–water partition coefficient (Wildman–Crippen LogP) is 3.95. The number of ketones is 1. The first-order chi connectivity index (χ1) is 10.6. The molecular formula is C19H16O3. The predicted molar refractivity (Wildman–Crippen MR) is 88.4 cm³/mol. The smallest absolute Gasteiger partial charge is 0.178 e. The van der Waals surface area contributed by atoms with Crippen LogP contribution in [0.2, 0.25) is 0 Å². The summed E-state index contributed by atoms with van der Waals surface area (Å²) >= 11 is 0. The maximum absolute atomic E-state index is 11.7. The number of rotatable bonds is 5. The number of benzene rings is 2. The molecule has 0 saturated heterocycles. The van der Waals surface area contributed by atoms with Crippen molar-refractivity contribution in [1.29, 1.82) is 0 Å². The number of aromatic hydroxyl groups is 2. The van der Waals surface area contributed by atoms with Crippen molar-refractivity contribution in [1.82, 2.24) is 0 Å². The van der Waals surface area contributed by atoms with Crippen molar-refractivity contribution in [2.45, 2.75) is 0 Å². The summed E-state index contributed by atoms with van der Waals surface area (Å²) in [7, 11) is 0. The molecule has 0 aliphatic rings. The van der Waals surface area contributed by atoms with E-state index in [4.69, 9.17) is 0 Å². The van der Waals surface area contributed by atoms with E-state index >= 15 is 0 Å². The van der Waals surface area contributed by atoms with Crippen molar-refractivity contribution in [2.24, 2.45) is 0 Å². The molecule has 0 radical (unpaired) electrons. The van der Waals surface area contributed by atoms with E-state index in [1.807, 2.05) is 6.07 Å². The van der Waals surface area contributed by atoms with Crippen molar-refractivity contribution in [3.8, 4) is 11.5 Å². The number of para-hydroxylation sites is 1. The Morgan fingerprint density at radius 1 is 0.864 bits per heavy atom. The molecule has 0 atom stereocenters. The van der Waals surface area contributed by atoms with Gasteiger partial charge in [-0.3, -0.25) is 4.79 Å². The van der Waals surface area contributed by atoms with Gasteiger partial charge in [0.05, 0.1) is 0 Å². The van der Waals surface area contributed by atoms with Crippen LogP contribution >= 0.6 is 0 Å². The third-order valence-corrected chi connectivity index (χ3v) is 2.89. The van der Waals surface area contributed by atoms with E-state index in [0.717, 1.165) is 5.56 Å². The van der Waals surface area contributed by atoms with Gasteiger partial charge in [-0.1, -0.05) is 48.6 Å². The van der Waals surface area contributed by atoms with E-state index in [-0.39, 0.29) is 17.3 Å². The first-order valence-corrected chi connectivity index (χ1v) is 6.79. The average molecular weight is 292 g/mol. The lowest BCUT2D eigenvalue weighted by Gasteiger charge is -1.95. The number of hydrogen-bond acceptors (Lipinski definition) is 3. The molecule has 0 fully saturated rings. The molecule has 2 aromatic rings. The number of phenolic OH excluding ortho intramolecular Hbond substituents is 2. The number of carbonyl (C=O) groups is 1. The highest BCUT2D eigenvalue weighted by Crippen LogP contribution is 2.16. The van der Waals surface area contributed by atoms with Gasteiger partial charge in [0.1, 0.15) is 11.5 Å². The van der Waals surface area contributed by atoms with E-state index in [1.165, 1.54) is 12.2 Å². The molecule has 0 bridgehead atoms. The molecule has 0 aliphatic carbocycles. The normalized spacial score (nSPS) is 11.6. The molecule has 0 aliphatic heterocycles. The van der Waals surface area contributed by atoms with Crippen LogP contribution in [0.1, 0.15) is 11.1 Å². The lowest BCUT2D eigenvalue weighted by Crippen LogP contribution is -1.84. The second-order valence-corrected chi connectivity index (χ2v) is 4.61. The first kappa shape index (κ1) is 15.3. The maximum Gasteiger partial charge on any atom is 0.178 e. The molecule has 0 unspecified atom stereocenters. The van der Waals surface area contributed by atoms with Crippen LogP contribution in [0, 0.1) is 0 Å². The highest BCUT2D eigenvalue weighted by Gasteiger charge is 1.95. The number of allylic oxidation sites excluding steroid dienone is 4. The van der Waals surface area contributed by atoms with Crippen molar-refractivity contribution < 1.29 is 15.0 Å². The summed E-state index contributed by atoms with van der Waals surface area (Å²) in [5, 5.41) is 18.9. The second-order valence-electron chi connectivity index (χ2n) is 4.61. The number of hydrogen-bond donors (Lipinski definition) is 2. The maximum atomic E-state index is 11.7. The van der Waals surface area contributed by atoms with Gasteiger partial charge >= 0.3 is 0 Å². The molecule has 0 heterocycles. The van der Waals surface area contributed by atoms with E-state index in [1.54, 1.807) is 66.8 Å². The Hall–Kier alpha value is -3.07. The van der Waals surface area contributed by atoms with Crippen molar-refractivity contribution in [3.63, 3.8) is 0 Å². The van der Waals surface area contributed by atoms with Gasteiger partial charge in [0.25, 0.3) is 0 Å². The number of phenols is 2. The monoisotopic (exact) mass is 292 g/mol. The lowest BCUT2D eigenvalue weighted by atomic mass is 10.1. The summed E-state index contributed by atoms with van der Waals surface area (Å²) in [6, 6.07) is 13.6. The largest absolute Gasteiger partial charge is 0.508 e. The Kier molecular flexibility index (Phi) is 5.32. The number of carbonyl (C=O) groups excluding carboxylic acids is 1. The Bertz CT molecular complexity index is 740. The quantitative estimate of drug-likeness (QED) is 0.648. The molecule has 22 heavy (non-hydrogen) atoms. The molecular weight excluding hydrogens is 276 g/mol. The summed E-state index contributed by atoms with van der Waals surface area (Å²) < 4.78 is 0. The van der Waals surface area contributed by atoms with Gasteiger partial charge in [0.2, 0.25) is 0 Å². The zero-order chi connectivity index (χ0) is 15.8. The van der Waals surface area contributed by atoms with E-state index in [9.17, 15) is 15.0 Å². The summed E-state index contributed by atoms with van der Waals surface area (Å²) in [4.78, 5) is 11.7. The second kappa shape index (κ2) is 7.64. The van der Waals surface area contributed by atoms with Crippen molar-refractivity contribution in [2.75, 3.05) is 0 Å². The van der Waals surface area contributed by atoms with E-state index < -0.39 is 0 Å². The van der Waals surface area contributed by atoms with Gasteiger partial charge in [-0.05, 0) is 42.0 Å². The van der Waals surface area contributed by atoms with Crippen LogP contribution in [0.4, 0.5) is 0 Å². The molecule has 3 nitrogen and oxygen atoms in total. The van der Waals surface area contributed by atoms with Gasteiger partial charge < -0.3 is 10.2 Å². The van der Waals surface area contributed by atoms with Gasteiger partial charge in [-0.15, -0.1) is 0 Å². The van der Waals surface area contributed by atoms with Crippen LogP contribution in [0.15, 0.2) is 72.8 Å². The highest BCUT2D eigenvalue weighted by molar-refractivity contribution is 6.02. The Morgan fingerprint density at radius 2 is 1.68 bits per heavy atom. The van der Waals surface area contributed by atoms with Crippen LogP contribution < -0.4 is 0 Å². The molecule has 110 valence electrons. The van der Waals surface area contributed by atoms with Crippen LogP contribution in [-0.4, -0.2) is 16.0 Å². The van der Waals surface area contributed by atoms with E-state index in [2.05, 4.69) is 0 Å². The molecule has 2 N–H and O–H groups in total. The van der Waals surface area contributed by atoms with E-state index in [0.29, 0.717) is 5.56 Å². The summed E-state index contributed by atoms with van der Waals surface area (Å²) in [6.45, 7) is 0. The summed E-state index contributed by atoms with van der Waals surface area (Å²) in [5.41, 5.74) is 1.45. The molecule has 0 aromatic heterocycles. The third kappa shape index (κ3) is 4.80. The van der Waals surface area contributed by atoms with Crippen LogP contribution in [0.3, 0.4) is 0 Å². The minimum absolute atomic E-state index is 0.138. The van der Waals surface area contributed by atoms with Gasteiger partial charge in [-0.25, -0.2) is 0 Å². The Balaban J connectivity index is 1.93. The Labute approximate surface area is 129 Å². The fourth-order valence-electron chi connectivity index (χ4n) is 1.80. The average Bonchev–Trinajstić information content (AvgIpc) is 2.51. The summed E-state index contributed by atoms with van der Waals surface area (Å²) in [6.07, 6.45) is 9.53. The van der Waals surface area contributed by atoms with Crippen LogP contribution in [0.5, 0.6) is 11.5 Å². The zero-order valence-electron chi connectivity index (χ0n) is 11.9. The van der Waals surface area contributed by atoms with Gasteiger partial charge in [0, 0.05) is 5.56 Å². The van der Waals surface area contributed by atoms with Crippen molar-refractivity contribution in [3.05, 3.63) is 84.0 Å². The first-order valence-electron chi connectivity index (χ1n) is 6.79. The van der Waals surface area contributed by atoms with Gasteiger partial charge in [-0.2, -0.15) is 0 Å². The third-order valence-electron chi connectivity index (χ3n) is 2.89. The standard InChI is InChI=1S/C19H16O3/c20-17(13-12-16-8-2-4-11-19(16)22)9-3-1-6-15-7-5-10-18(21)14-15/h1-14,21-22H/b6-1+,9-3+,13-12+. The molecule has 0 amide bonds. The zero-order valence-corrected chi connectivity index (χ0v) is 11.9. The fourth-order valence-corrected chi connectivity index (χ4v) is 1.80. The summed E-state index contributed by atoms with van der Waals surface area (Å²) in [5.74, 6) is 0.163. The fraction of sp³-hybridized carbons (Fsp3) is 0. The minimum Gasteiger partial charge on any atom is -0.508 e. The molecule has 0 saturated carbocycles. The molecule has 2 rings (SSSR count). The SMILES string of the molecule is O=C(/C=C/C=C/c1cccc(O)c1)/C=C/c1ccccc1O. The molecule has 2 aromatic carbocycles. The molecule has 3 heteroatoms. The lowest BCUT2D eigenvalue weighted by molar-refractivity contribution is -0.110. The Morgan fingerprint density at radius 3 is 2.45 bits per heavy atom. The highest BCUT2D eigenvalue weighted by atomic mass is 16.3. The topological polar surface area (TPSA) is 57.5 Å². The molecule has 0 spiro atoms.